The second-order valence-electron chi connectivity index (χ2n) is 8.61. The zero-order valence-corrected chi connectivity index (χ0v) is 19.3. The van der Waals surface area contributed by atoms with E-state index in [0.29, 0.717) is 67.7 Å². The summed E-state index contributed by atoms with van der Waals surface area (Å²) in [6, 6.07) is 12.9. The summed E-state index contributed by atoms with van der Waals surface area (Å²) in [5, 5.41) is 4.50. The average Bonchev–Trinajstić information content (AvgIpc) is 3.38. The van der Waals surface area contributed by atoms with Gasteiger partial charge in [-0.2, -0.15) is 5.10 Å². The lowest BCUT2D eigenvalue weighted by atomic mass is 9.88. The second-order valence-corrected chi connectivity index (χ2v) is 8.61. The normalized spacial score (nSPS) is 15.8. The number of Topliss-reactive ketones (excluding diaryl/α,β-unsaturated/α-hetero) is 1. The molecule has 0 saturated carbocycles. The number of amides is 1. The number of likely N-dealkylation sites (tertiary alicyclic amines) is 1. The summed E-state index contributed by atoms with van der Waals surface area (Å²) in [4.78, 5) is 27.9. The third-order valence-corrected chi connectivity index (χ3v) is 6.37. The van der Waals surface area contributed by atoms with E-state index in [1.807, 2.05) is 25.1 Å². The Morgan fingerprint density at radius 1 is 1.00 bits per heavy atom. The van der Waals surface area contributed by atoms with Gasteiger partial charge in [0, 0.05) is 30.8 Å². The SMILES string of the molecule is COc1ccc(C)cc1-n1ccc(C(=O)N2CCC(C(=O)c3ccc4c(c3)OCCO4)CC2)n1. The highest BCUT2D eigenvalue weighted by Gasteiger charge is 2.30. The molecule has 3 aromatic rings. The third-order valence-electron chi connectivity index (χ3n) is 6.37. The summed E-state index contributed by atoms with van der Waals surface area (Å²) in [5.41, 5.74) is 2.86. The van der Waals surface area contributed by atoms with Crippen LogP contribution >= 0.6 is 0 Å². The van der Waals surface area contributed by atoms with Crippen LogP contribution in [-0.2, 0) is 0 Å². The summed E-state index contributed by atoms with van der Waals surface area (Å²) in [7, 11) is 1.61. The maximum Gasteiger partial charge on any atom is 0.274 e. The van der Waals surface area contributed by atoms with Gasteiger partial charge >= 0.3 is 0 Å². The van der Waals surface area contributed by atoms with E-state index >= 15 is 0 Å². The Morgan fingerprint density at radius 3 is 2.53 bits per heavy atom. The monoisotopic (exact) mass is 461 g/mol. The van der Waals surface area contributed by atoms with Gasteiger partial charge in [-0.05, 0) is 61.7 Å². The first-order chi connectivity index (χ1) is 16.5. The number of carbonyl (C=O) groups is 2. The third kappa shape index (κ3) is 4.23. The number of hydrogen-bond acceptors (Lipinski definition) is 6. The Labute approximate surface area is 198 Å². The highest BCUT2D eigenvalue weighted by molar-refractivity contribution is 5.99. The fourth-order valence-corrected chi connectivity index (χ4v) is 4.49. The van der Waals surface area contributed by atoms with Gasteiger partial charge in [0.05, 0.1) is 7.11 Å². The number of nitrogens with zero attached hydrogens (tertiary/aromatic N) is 3. The van der Waals surface area contributed by atoms with E-state index in [1.54, 1.807) is 47.2 Å². The Balaban J connectivity index is 1.24. The van der Waals surface area contributed by atoms with Crippen molar-refractivity contribution in [3.05, 3.63) is 65.5 Å². The van der Waals surface area contributed by atoms with E-state index in [2.05, 4.69) is 5.10 Å². The van der Waals surface area contributed by atoms with Gasteiger partial charge in [-0.25, -0.2) is 4.68 Å². The summed E-state index contributed by atoms with van der Waals surface area (Å²) >= 11 is 0. The molecule has 2 aromatic carbocycles. The highest BCUT2D eigenvalue weighted by Crippen LogP contribution is 2.33. The molecule has 5 rings (SSSR count). The zero-order valence-electron chi connectivity index (χ0n) is 19.3. The molecule has 1 amide bonds. The highest BCUT2D eigenvalue weighted by atomic mass is 16.6. The smallest absolute Gasteiger partial charge is 0.274 e. The number of methoxy groups -OCH3 is 1. The van der Waals surface area contributed by atoms with Crippen molar-refractivity contribution in [2.45, 2.75) is 19.8 Å². The molecular weight excluding hydrogens is 434 g/mol. The minimum Gasteiger partial charge on any atom is -0.494 e. The van der Waals surface area contributed by atoms with Crippen molar-refractivity contribution in [3.8, 4) is 22.9 Å². The topological polar surface area (TPSA) is 82.9 Å². The lowest BCUT2D eigenvalue weighted by Gasteiger charge is -2.31. The maximum atomic E-state index is 13.1. The molecule has 0 N–H and O–H groups in total. The average molecular weight is 462 g/mol. The number of rotatable bonds is 5. The largest absolute Gasteiger partial charge is 0.494 e. The molecule has 0 spiro atoms. The van der Waals surface area contributed by atoms with E-state index in [9.17, 15) is 9.59 Å². The van der Waals surface area contributed by atoms with E-state index in [-0.39, 0.29) is 17.6 Å². The van der Waals surface area contributed by atoms with Crippen LogP contribution in [0.25, 0.3) is 5.69 Å². The predicted molar refractivity (Wildman–Crippen MR) is 125 cm³/mol. The summed E-state index contributed by atoms with van der Waals surface area (Å²) in [6.07, 6.45) is 3.00. The van der Waals surface area contributed by atoms with Crippen molar-refractivity contribution in [2.24, 2.45) is 5.92 Å². The number of ketones is 1. The van der Waals surface area contributed by atoms with Gasteiger partial charge in [-0.3, -0.25) is 9.59 Å². The number of benzene rings is 2. The minimum atomic E-state index is -0.129. The van der Waals surface area contributed by atoms with Crippen molar-refractivity contribution in [1.82, 2.24) is 14.7 Å². The van der Waals surface area contributed by atoms with Gasteiger partial charge in [-0.1, -0.05) is 6.07 Å². The van der Waals surface area contributed by atoms with E-state index in [0.717, 1.165) is 11.3 Å². The fourth-order valence-electron chi connectivity index (χ4n) is 4.49. The quantitative estimate of drug-likeness (QED) is 0.539. The first-order valence-electron chi connectivity index (χ1n) is 11.5. The minimum absolute atomic E-state index is 0.0832. The summed E-state index contributed by atoms with van der Waals surface area (Å²) in [6.45, 7) is 4.02. The Bertz CT molecular complexity index is 1230. The van der Waals surface area contributed by atoms with Crippen LogP contribution in [0.5, 0.6) is 17.2 Å². The van der Waals surface area contributed by atoms with Crippen LogP contribution in [0.15, 0.2) is 48.7 Å². The molecule has 0 atom stereocenters. The molecule has 1 saturated heterocycles. The van der Waals surface area contributed by atoms with E-state index in [4.69, 9.17) is 14.2 Å². The molecule has 176 valence electrons. The second kappa shape index (κ2) is 9.21. The van der Waals surface area contributed by atoms with Crippen LogP contribution in [0, 0.1) is 12.8 Å². The molecule has 3 heterocycles. The Kier molecular flexibility index (Phi) is 5.96. The van der Waals surface area contributed by atoms with Crippen molar-refractivity contribution >= 4 is 11.7 Å². The van der Waals surface area contributed by atoms with Crippen LogP contribution in [0.4, 0.5) is 0 Å². The lowest BCUT2D eigenvalue weighted by Crippen LogP contribution is -2.40. The standard InChI is InChI=1S/C26H27N3O5/c1-17-3-5-22(32-2)21(15-17)29-12-9-20(27-29)26(31)28-10-7-18(8-11-28)25(30)19-4-6-23-24(16-19)34-14-13-33-23/h3-6,9,12,15-16,18H,7-8,10-11,13-14H2,1-2H3. The maximum absolute atomic E-state index is 13.1. The number of hydrogen-bond donors (Lipinski definition) is 0. The molecule has 1 fully saturated rings. The molecule has 0 radical (unpaired) electrons. The van der Waals surface area contributed by atoms with Crippen LogP contribution in [0.1, 0.15) is 39.3 Å². The van der Waals surface area contributed by atoms with Gasteiger partial charge in [0.15, 0.2) is 23.0 Å². The first kappa shape index (κ1) is 22.0. The molecule has 2 aliphatic rings. The summed E-state index contributed by atoms with van der Waals surface area (Å²) in [5.74, 6) is 1.80. The van der Waals surface area contributed by atoms with E-state index < -0.39 is 0 Å². The zero-order chi connectivity index (χ0) is 23.7. The number of piperidine rings is 1. The number of aryl methyl sites for hydroxylation is 1. The molecule has 2 aliphatic heterocycles. The molecule has 0 bridgehead atoms. The molecule has 34 heavy (non-hydrogen) atoms. The van der Waals surface area contributed by atoms with Crippen molar-refractivity contribution < 1.29 is 23.8 Å². The van der Waals surface area contributed by atoms with Gasteiger partial charge in [0.25, 0.3) is 5.91 Å². The van der Waals surface area contributed by atoms with Crippen LogP contribution in [0.3, 0.4) is 0 Å². The summed E-state index contributed by atoms with van der Waals surface area (Å²) < 4.78 is 18.2. The van der Waals surface area contributed by atoms with E-state index in [1.165, 1.54) is 0 Å². The van der Waals surface area contributed by atoms with Gasteiger partial charge in [0.2, 0.25) is 0 Å². The number of aromatic nitrogens is 2. The van der Waals surface area contributed by atoms with Crippen LogP contribution in [0.2, 0.25) is 0 Å². The Hall–Kier alpha value is -3.81. The van der Waals surface area contributed by atoms with Crippen molar-refractivity contribution in [2.75, 3.05) is 33.4 Å². The number of ether oxygens (including phenoxy) is 3. The van der Waals surface area contributed by atoms with Crippen molar-refractivity contribution in [1.29, 1.82) is 0 Å². The first-order valence-corrected chi connectivity index (χ1v) is 11.5. The Morgan fingerprint density at radius 2 is 1.76 bits per heavy atom. The van der Waals surface area contributed by atoms with Gasteiger partial charge in [0.1, 0.15) is 24.7 Å². The van der Waals surface area contributed by atoms with Crippen LogP contribution in [-0.4, -0.2) is 59.8 Å². The van der Waals surface area contributed by atoms with Gasteiger partial charge in [-0.15, -0.1) is 0 Å². The molecule has 0 aliphatic carbocycles. The lowest BCUT2D eigenvalue weighted by molar-refractivity contribution is 0.0645. The molecule has 8 nitrogen and oxygen atoms in total. The number of carbonyl (C=O) groups excluding carboxylic acids is 2. The molecule has 0 unspecified atom stereocenters. The molecule has 1 aromatic heterocycles. The van der Waals surface area contributed by atoms with Gasteiger partial charge < -0.3 is 19.1 Å². The fraction of sp³-hybridized carbons (Fsp3) is 0.346. The van der Waals surface area contributed by atoms with Crippen molar-refractivity contribution in [3.63, 3.8) is 0 Å². The number of fused-ring (bicyclic) bond motifs is 1. The molecule has 8 heteroatoms. The molecular formula is C26H27N3O5. The van der Waals surface area contributed by atoms with Crippen LogP contribution < -0.4 is 14.2 Å². The predicted octanol–water partition coefficient (Wildman–Crippen LogP) is 3.70.